The zero-order chi connectivity index (χ0) is 20.1. The number of nitrogens with zero attached hydrogens (tertiary/aromatic N) is 1. The van der Waals surface area contributed by atoms with Gasteiger partial charge in [-0.1, -0.05) is 30.3 Å². The van der Waals surface area contributed by atoms with Crippen LogP contribution in [0.25, 0.3) is 11.1 Å². The molecule has 2 N–H and O–H groups in total. The average Bonchev–Trinajstić information content (AvgIpc) is 3.21. The molecular weight excluding hydrogens is 380 g/mol. The molecule has 0 atom stereocenters. The van der Waals surface area contributed by atoms with E-state index < -0.39 is 21.6 Å². The molecule has 0 aliphatic heterocycles. The van der Waals surface area contributed by atoms with Gasteiger partial charge in [-0.15, -0.1) is 0 Å². The molecule has 1 aromatic heterocycles. The van der Waals surface area contributed by atoms with E-state index in [1.54, 1.807) is 30.3 Å². The summed E-state index contributed by atoms with van der Waals surface area (Å²) in [5, 5.41) is 21.5. The summed E-state index contributed by atoms with van der Waals surface area (Å²) >= 11 is 0. The van der Waals surface area contributed by atoms with Crippen LogP contribution in [0.15, 0.2) is 70.4 Å². The highest BCUT2D eigenvalue weighted by atomic mass is 32.2. The number of anilines is 1. The first-order valence-electron chi connectivity index (χ1n) is 8.24. The molecule has 3 aromatic rings. The van der Waals surface area contributed by atoms with Crippen molar-refractivity contribution in [3.05, 3.63) is 72.2 Å². The Balaban J connectivity index is 2.14. The van der Waals surface area contributed by atoms with Gasteiger partial charge in [0.1, 0.15) is 6.54 Å². The number of aromatic carboxylic acids is 1. The second-order valence-corrected chi connectivity index (χ2v) is 7.91. The number of furan rings is 1. The minimum atomic E-state index is -3.75. The lowest BCUT2D eigenvalue weighted by molar-refractivity contribution is 0.0697. The van der Waals surface area contributed by atoms with Crippen LogP contribution in [0, 0.1) is 11.3 Å². The highest BCUT2D eigenvalue weighted by molar-refractivity contribution is 7.90. The van der Waals surface area contributed by atoms with Crippen molar-refractivity contribution in [2.45, 2.75) is 10.6 Å². The summed E-state index contributed by atoms with van der Waals surface area (Å²) in [6, 6.07) is 14.5. The summed E-state index contributed by atoms with van der Waals surface area (Å²) in [5.74, 6) is -1.77. The standard InChI is InChI=1S/C20H16N2O5S/c21-9-10-22-19-17(14-8-11-27-12-14)7-6-15(18(19)20(23)24)13-28(25,26)16-4-2-1-3-5-16/h1-8,11-12,22H,10,13H2,(H,23,24). The van der Waals surface area contributed by atoms with Crippen LogP contribution < -0.4 is 5.32 Å². The molecule has 0 radical (unpaired) electrons. The molecule has 1 heterocycles. The van der Waals surface area contributed by atoms with Crippen LogP contribution in [0.5, 0.6) is 0 Å². The van der Waals surface area contributed by atoms with E-state index >= 15 is 0 Å². The van der Waals surface area contributed by atoms with Crippen LogP contribution in [0.1, 0.15) is 15.9 Å². The molecule has 8 heteroatoms. The molecule has 0 fully saturated rings. The minimum absolute atomic E-state index is 0.108. The zero-order valence-corrected chi connectivity index (χ0v) is 15.4. The summed E-state index contributed by atoms with van der Waals surface area (Å²) in [7, 11) is -3.75. The number of benzene rings is 2. The molecule has 142 valence electrons. The zero-order valence-electron chi connectivity index (χ0n) is 14.6. The number of hydrogen-bond donors (Lipinski definition) is 2. The molecule has 0 aliphatic rings. The highest BCUT2D eigenvalue weighted by Gasteiger charge is 2.24. The van der Waals surface area contributed by atoms with Gasteiger partial charge in [0.2, 0.25) is 0 Å². The van der Waals surface area contributed by atoms with Gasteiger partial charge >= 0.3 is 5.97 Å². The first-order valence-corrected chi connectivity index (χ1v) is 9.89. The van der Waals surface area contributed by atoms with Gasteiger partial charge in [-0.25, -0.2) is 13.2 Å². The fourth-order valence-electron chi connectivity index (χ4n) is 2.90. The Bertz CT molecular complexity index is 1130. The van der Waals surface area contributed by atoms with Gasteiger partial charge in [0.25, 0.3) is 0 Å². The van der Waals surface area contributed by atoms with Crippen molar-refractivity contribution in [1.29, 1.82) is 5.26 Å². The Morgan fingerprint density at radius 1 is 1.14 bits per heavy atom. The van der Waals surface area contributed by atoms with Gasteiger partial charge in [0, 0.05) is 11.1 Å². The Morgan fingerprint density at radius 2 is 1.89 bits per heavy atom. The van der Waals surface area contributed by atoms with Crippen molar-refractivity contribution >= 4 is 21.5 Å². The molecule has 0 unspecified atom stereocenters. The molecule has 0 saturated heterocycles. The lowest BCUT2D eigenvalue weighted by atomic mass is 9.98. The monoisotopic (exact) mass is 396 g/mol. The van der Waals surface area contributed by atoms with Gasteiger partial charge in [0.15, 0.2) is 9.84 Å². The maximum absolute atomic E-state index is 12.7. The third-order valence-corrected chi connectivity index (χ3v) is 5.81. The minimum Gasteiger partial charge on any atom is -0.478 e. The van der Waals surface area contributed by atoms with E-state index in [0.29, 0.717) is 11.1 Å². The van der Waals surface area contributed by atoms with Crippen LogP contribution in [0.2, 0.25) is 0 Å². The van der Waals surface area contributed by atoms with E-state index in [1.165, 1.54) is 30.7 Å². The van der Waals surface area contributed by atoms with Crippen molar-refractivity contribution in [3.8, 4) is 17.2 Å². The normalized spacial score (nSPS) is 11.0. The second-order valence-electron chi connectivity index (χ2n) is 5.92. The van der Waals surface area contributed by atoms with Gasteiger partial charge in [0.05, 0.1) is 40.5 Å². The fraction of sp³-hybridized carbons (Fsp3) is 0.100. The van der Waals surface area contributed by atoms with E-state index in [9.17, 15) is 18.3 Å². The smallest absolute Gasteiger partial charge is 0.338 e. The van der Waals surface area contributed by atoms with Gasteiger partial charge < -0.3 is 14.8 Å². The maximum atomic E-state index is 12.7. The molecule has 0 aliphatic carbocycles. The van der Waals surface area contributed by atoms with E-state index in [-0.39, 0.29) is 28.3 Å². The summed E-state index contributed by atoms with van der Waals surface area (Å²) in [4.78, 5) is 12.1. The fourth-order valence-corrected chi connectivity index (χ4v) is 4.28. The Kier molecular flexibility index (Phi) is 5.47. The number of nitrogens with one attached hydrogen (secondary N) is 1. The number of carbonyl (C=O) groups is 1. The lowest BCUT2D eigenvalue weighted by Gasteiger charge is -2.16. The van der Waals surface area contributed by atoms with E-state index in [2.05, 4.69) is 5.32 Å². The predicted octanol–water partition coefficient (Wildman–Crippen LogP) is 3.55. The third kappa shape index (κ3) is 3.89. The summed E-state index contributed by atoms with van der Waals surface area (Å²) in [6.45, 7) is -0.139. The van der Waals surface area contributed by atoms with Crippen molar-refractivity contribution in [2.75, 3.05) is 11.9 Å². The van der Waals surface area contributed by atoms with Crippen LogP contribution in [0.4, 0.5) is 5.69 Å². The number of carboxylic acid groups (broad SMARTS) is 1. The molecule has 0 saturated carbocycles. The van der Waals surface area contributed by atoms with Gasteiger partial charge in [-0.2, -0.15) is 5.26 Å². The van der Waals surface area contributed by atoms with Crippen molar-refractivity contribution in [3.63, 3.8) is 0 Å². The van der Waals surface area contributed by atoms with E-state index in [1.807, 2.05) is 6.07 Å². The Hall–Kier alpha value is -3.57. The summed E-state index contributed by atoms with van der Waals surface area (Å²) < 4.78 is 30.5. The topological polar surface area (TPSA) is 120 Å². The van der Waals surface area contributed by atoms with Crippen LogP contribution in [-0.2, 0) is 15.6 Å². The third-order valence-electron chi connectivity index (χ3n) is 4.13. The van der Waals surface area contributed by atoms with Crippen molar-refractivity contribution in [1.82, 2.24) is 0 Å². The number of hydrogen-bond acceptors (Lipinski definition) is 6. The number of sulfone groups is 1. The summed E-state index contributed by atoms with van der Waals surface area (Å²) in [5.41, 5.74) is 1.23. The summed E-state index contributed by atoms with van der Waals surface area (Å²) in [6.07, 6.45) is 2.89. The Labute approximate surface area is 161 Å². The lowest BCUT2D eigenvalue weighted by Crippen LogP contribution is -2.14. The number of nitriles is 1. The van der Waals surface area contributed by atoms with Crippen LogP contribution in [-0.4, -0.2) is 26.0 Å². The molecule has 28 heavy (non-hydrogen) atoms. The average molecular weight is 396 g/mol. The van der Waals surface area contributed by atoms with Crippen molar-refractivity contribution < 1.29 is 22.7 Å². The molecule has 7 nitrogen and oxygen atoms in total. The van der Waals surface area contributed by atoms with E-state index in [0.717, 1.165) is 0 Å². The number of rotatable bonds is 7. The molecule has 3 rings (SSSR count). The highest BCUT2D eigenvalue weighted by Crippen LogP contribution is 2.35. The first-order chi connectivity index (χ1) is 13.4. The molecular formula is C20H16N2O5S. The molecule has 0 amide bonds. The maximum Gasteiger partial charge on any atom is 0.338 e. The van der Waals surface area contributed by atoms with Gasteiger partial charge in [-0.05, 0) is 23.8 Å². The second kappa shape index (κ2) is 7.98. The Morgan fingerprint density at radius 3 is 2.50 bits per heavy atom. The first kappa shape index (κ1) is 19.2. The molecule has 0 spiro atoms. The largest absolute Gasteiger partial charge is 0.478 e. The van der Waals surface area contributed by atoms with Gasteiger partial charge in [-0.3, -0.25) is 0 Å². The van der Waals surface area contributed by atoms with Crippen LogP contribution in [0.3, 0.4) is 0 Å². The van der Waals surface area contributed by atoms with E-state index in [4.69, 9.17) is 9.68 Å². The quantitative estimate of drug-likeness (QED) is 0.586. The van der Waals surface area contributed by atoms with Crippen molar-refractivity contribution in [2.24, 2.45) is 0 Å². The molecule has 2 aromatic carbocycles. The molecule has 0 bridgehead atoms. The number of carboxylic acids is 1. The van der Waals surface area contributed by atoms with Crippen LogP contribution >= 0.6 is 0 Å². The SMILES string of the molecule is N#CCNc1c(-c2ccoc2)ccc(CS(=O)(=O)c2ccccc2)c1C(=O)O. The predicted molar refractivity (Wildman–Crippen MR) is 103 cm³/mol.